The molecule has 0 radical (unpaired) electrons. The van der Waals surface area contributed by atoms with Crippen LogP contribution < -0.4 is 5.56 Å². The Kier molecular flexibility index (Phi) is 4.09. The SMILES string of the molecule is O=C(Cc1n[nH]c(=O)c2c1CCCC2)OCCO. The van der Waals surface area contributed by atoms with Gasteiger partial charge in [0.25, 0.3) is 5.56 Å². The molecule has 1 heterocycles. The highest BCUT2D eigenvalue weighted by molar-refractivity contribution is 5.72. The van der Waals surface area contributed by atoms with Gasteiger partial charge in [0.05, 0.1) is 18.7 Å². The number of esters is 1. The van der Waals surface area contributed by atoms with Crippen molar-refractivity contribution in [1.29, 1.82) is 0 Å². The Labute approximate surface area is 104 Å². The molecular formula is C12H16N2O4. The molecule has 0 spiro atoms. The van der Waals surface area contributed by atoms with Gasteiger partial charge in [-0.2, -0.15) is 5.10 Å². The van der Waals surface area contributed by atoms with E-state index in [4.69, 9.17) is 9.84 Å². The van der Waals surface area contributed by atoms with E-state index in [1.807, 2.05) is 0 Å². The highest BCUT2D eigenvalue weighted by Gasteiger charge is 2.19. The van der Waals surface area contributed by atoms with E-state index in [9.17, 15) is 9.59 Å². The van der Waals surface area contributed by atoms with Crippen LogP contribution in [0.25, 0.3) is 0 Å². The number of aromatic amines is 1. The van der Waals surface area contributed by atoms with Crippen LogP contribution in [0.1, 0.15) is 29.7 Å². The van der Waals surface area contributed by atoms with Crippen molar-refractivity contribution in [2.24, 2.45) is 0 Å². The lowest BCUT2D eigenvalue weighted by atomic mass is 9.91. The summed E-state index contributed by atoms with van der Waals surface area (Å²) < 4.78 is 4.80. The molecule has 0 fully saturated rings. The van der Waals surface area contributed by atoms with Crippen molar-refractivity contribution >= 4 is 5.97 Å². The first-order valence-corrected chi connectivity index (χ1v) is 6.08. The highest BCUT2D eigenvalue weighted by atomic mass is 16.5. The molecule has 0 saturated carbocycles. The first-order valence-electron chi connectivity index (χ1n) is 6.08. The van der Waals surface area contributed by atoms with Gasteiger partial charge in [0, 0.05) is 5.56 Å². The van der Waals surface area contributed by atoms with E-state index in [2.05, 4.69) is 10.2 Å². The van der Waals surface area contributed by atoms with Crippen molar-refractivity contribution in [2.75, 3.05) is 13.2 Å². The largest absolute Gasteiger partial charge is 0.463 e. The third kappa shape index (κ3) is 2.76. The summed E-state index contributed by atoms with van der Waals surface area (Å²) in [5, 5.41) is 14.9. The molecule has 98 valence electrons. The number of ether oxygens (including phenoxy) is 1. The summed E-state index contributed by atoms with van der Waals surface area (Å²) in [6, 6.07) is 0. The molecule has 18 heavy (non-hydrogen) atoms. The Bertz CT molecular complexity index is 495. The van der Waals surface area contributed by atoms with Gasteiger partial charge in [-0.25, -0.2) is 5.10 Å². The second-order valence-corrected chi connectivity index (χ2v) is 4.28. The van der Waals surface area contributed by atoms with E-state index in [1.54, 1.807) is 0 Å². The normalized spacial score (nSPS) is 14.1. The molecule has 0 bridgehead atoms. The predicted molar refractivity (Wildman–Crippen MR) is 63.2 cm³/mol. The maximum Gasteiger partial charge on any atom is 0.312 e. The molecule has 0 aromatic carbocycles. The monoisotopic (exact) mass is 252 g/mol. The Balaban J connectivity index is 2.18. The van der Waals surface area contributed by atoms with Crippen LogP contribution in [0.15, 0.2) is 4.79 Å². The number of aliphatic hydroxyl groups is 1. The summed E-state index contributed by atoms with van der Waals surface area (Å²) in [5.41, 5.74) is 2.08. The van der Waals surface area contributed by atoms with Gasteiger partial charge in [0.1, 0.15) is 6.61 Å². The molecule has 1 aliphatic rings. The van der Waals surface area contributed by atoms with Gasteiger partial charge in [-0.1, -0.05) is 0 Å². The van der Waals surface area contributed by atoms with Gasteiger partial charge in [-0.3, -0.25) is 9.59 Å². The third-order valence-electron chi connectivity index (χ3n) is 3.05. The maximum atomic E-state index is 11.6. The molecular weight excluding hydrogens is 236 g/mol. The molecule has 0 aliphatic heterocycles. The quantitative estimate of drug-likeness (QED) is 0.719. The van der Waals surface area contributed by atoms with E-state index in [0.717, 1.165) is 36.8 Å². The van der Waals surface area contributed by atoms with Gasteiger partial charge in [-0.15, -0.1) is 0 Å². The van der Waals surface area contributed by atoms with Crippen LogP contribution in [0, 0.1) is 0 Å². The molecule has 1 aromatic heterocycles. The minimum Gasteiger partial charge on any atom is -0.463 e. The zero-order valence-corrected chi connectivity index (χ0v) is 10.1. The number of hydrogen-bond donors (Lipinski definition) is 2. The second-order valence-electron chi connectivity index (χ2n) is 4.28. The average molecular weight is 252 g/mol. The fraction of sp³-hybridized carbons (Fsp3) is 0.583. The molecule has 2 rings (SSSR count). The number of hydrogen-bond acceptors (Lipinski definition) is 5. The summed E-state index contributed by atoms with van der Waals surface area (Å²) in [7, 11) is 0. The van der Waals surface area contributed by atoms with Gasteiger partial charge in [-0.05, 0) is 31.2 Å². The summed E-state index contributed by atoms with van der Waals surface area (Å²) in [6.07, 6.45) is 3.57. The topological polar surface area (TPSA) is 92.3 Å². The fourth-order valence-corrected chi connectivity index (χ4v) is 2.22. The van der Waals surface area contributed by atoms with Gasteiger partial charge in [0.2, 0.25) is 0 Å². The molecule has 6 heteroatoms. The number of carbonyl (C=O) groups excluding carboxylic acids is 1. The van der Waals surface area contributed by atoms with E-state index in [-0.39, 0.29) is 25.2 Å². The molecule has 1 aromatic rings. The van der Waals surface area contributed by atoms with Crippen molar-refractivity contribution in [1.82, 2.24) is 10.2 Å². The molecule has 0 unspecified atom stereocenters. The van der Waals surface area contributed by atoms with E-state index in [1.165, 1.54) is 0 Å². The highest BCUT2D eigenvalue weighted by Crippen LogP contribution is 2.20. The first kappa shape index (κ1) is 12.8. The number of fused-ring (bicyclic) bond motifs is 1. The number of aromatic nitrogens is 2. The van der Waals surface area contributed by atoms with Crippen LogP contribution in [-0.2, 0) is 28.8 Å². The van der Waals surface area contributed by atoms with Crippen molar-refractivity contribution in [2.45, 2.75) is 32.1 Å². The summed E-state index contributed by atoms with van der Waals surface area (Å²) in [5.74, 6) is -0.434. The Morgan fingerprint density at radius 1 is 1.33 bits per heavy atom. The molecule has 0 amide bonds. The van der Waals surface area contributed by atoms with Crippen LogP contribution >= 0.6 is 0 Å². The average Bonchev–Trinajstić information content (AvgIpc) is 2.40. The third-order valence-corrected chi connectivity index (χ3v) is 3.05. The Hall–Kier alpha value is -1.69. The van der Waals surface area contributed by atoms with Gasteiger partial charge >= 0.3 is 5.97 Å². The van der Waals surface area contributed by atoms with Crippen molar-refractivity contribution in [3.63, 3.8) is 0 Å². The number of aliphatic hydroxyl groups excluding tert-OH is 1. The number of rotatable bonds is 4. The van der Waals surface area contributed by atoms with Crippen LogP contribution in [0.2, 0.25) is 0 Å². The number of H-pyrrole nitrogens is 1. The number of nitrogens with one attached hydrogen (secondary N) is 1. The van der Waals surface area contributed by atoms with Crippen LogP contribution in [-0.4, -0.2) is 34.5 Å². The molecule has 6 nitrogen and oxygen atoms in total. The van der Waals surface area contributed by atoms with Crippen LogP contribution in [0.5, 0.6) is 0 Å². The number of nitrogens with zero attached hydrogens (tertiary/aromatic N) is 1. The second kappa shape index (κ2) is 5.77. The smallest absolute Gasteiger partial charge is 0.312 e. The Morgan fingerprint density at radius 3 is 2.78 bits per heavy atom. The lowest BCUT2D eigenvalue weighted by Gasteiger charge is -2.16. The van der Waals surface area contributed by atoms with E-state index < -0.39 is 5.97 Å². The van der Waals surface area contributed by atoms with Crippen molar-refractivity contribution in [3.8, 4) is 0 Å². The van der Waals surface area contributed by atoms with Crippen LogP contribution in [0.3, 0.4) is 0 Å². The zero-order valence-electron chi connectivity index (χ0n) is 10.1. The number of carbonyl (C=O) groups is 1. The van der Waals surface area contributed by atoms with E-state index >= 15 is 0 Å². The van der Waals surface area contributed by atoms with Crippen molar-refractivity contribution in [3.05, 3.63) is 27.2 Å². The molecule has 1 aliphatic carbocycles. The van der Waals surface area contributed by atoms with Gasteiger partial charge in [0.15, 0.2) is 0 Å². The molecule has 2 N–H and O–H groups in total. The molecule has 0 saturated heterocycles. The first-order chi connectivity index (χ1) is 8.72. The van der Waals surface area contributed by atoms with E-state index in [0.29, 0.717) is 5.69 Å². The standard InChI is InChI=1S/C12H16N2O4/c15-5-6-18-11(16)7-10-8-3-1-2-4-9(8)12(17)14-13-10/h15H,1-7H2,(H,14,17). The lowest BCUT2D eigenvalue weighted by molar-refractivity contribution is -0.143. The van der Waals surface area contributed by atoms with Gasteiger partial charge < -0.3 is 9.84 Å². The molecule has 0 atom stereocenters. The predicted octanol–water partition coefficient (Wildman–Crippen LogP) is -0.273. The fourth-order valence-electron chi connectivity index (χ4n) is 2.22. The van der Waals surface area contributed by atoms with Crippen molar-refractivity contribution < 1.29 is 14.6 Å². The minimum absolute atomic E-state index is 0.00955. The summed E-state index contributed by atoms with van der Waals surface area (Å²) in [6.45, 7) is -0.201. The Morgan fingerprint density at radius 2 is 2.06 bits per heavy atom. The summed E-state index contributed by atoms with van der Waals surface area (Å²) in [4.78, 5) is 23.1. The maximum absolute atomic E-state index is 11.6. The lowest BCUT2D eigenvalue weighted by Crippen LogP contribution is -2.24. The summed E-state index contributed by atoms with van der Waals surface area (Å²) >= 11 is 0. The van der Waals surface area contributed by atoms with Crippen LogP contribution in [0.4, 0.5) is 0 Å². The minimum atomic E-state index is -0.434. The zero-order chi connectivity index (χ0) is 13.0.